The highest BCUT2D eigenvalue weighted by Gasteiger charge is 2.16. The number of fused-ring (bicyclic) bond motifs is 1. The normalized spacial score (nSPS) is 13.6. The SMILES string of the molecule is Cc1nc(CN)n(C)c1-c1ccc2c(c1)OCCO2. The van der Waals surface area contributed by atoms with Gasteiger partial charge in [0.25, 0.3) is 0 Å². The van der Waals surface area contributed by atoms with Crippen LogP contribution in [0, 0.1) is 6.92 Å². The van der Waals surface area contributed by atoms with Gasteiger partial charge < -0.3 is 19.8 Å². The van der Waals surface area contributed by atoms with E-state index in [9.17, 15) is 0 Å². The van der Waals surface area contributed by atoms with Crippen LogP contribution in [0.25, 0.3) is 11.3 Å². The lowest BCUT2D eigenvalue weighted by molar-refractivity contribution is 0.171. The Bertz CT molecular complexity index is 619. The number of aromatic nitrogens is 2. The van der Waals surface area contributed by atoms with Crippen LogP contribution in [-0.4, -0.2) is 22.8 Å². The number of nitrogens with two attached hydrogens (primary N) is 1. The van der Waals surface area contributed by atoms with E-state index in [1.54, 1.807) is 0 Å². The van der Waals surface area contributed by atoms with Gasteiger partial charge in [0.15, 0.2) is 11.5 Å². The molecular formula is C14H17N3O2. The van der Waals surface area contributed by atoms with Crippen molar-refractivity contribution in [2.75, 3.05) is 13.2 Å². The van der Waals surface area contributed by atoms with Crippen LogP contribution in [0.5, 0.6) is 11.5 Å². The Labute approximate surface area is 112 Å². The highest BCUT2D eigenvalue weighted by Crippen LogP contribution is 2.35. The summed E-state index contributed by atoms with van der Waals surface area (Å²) in [5, 5.41) is 0. The zero-order valence-electron chi connectivity index (χ0n) is 11.1. The van der Waals surface area contributed by atoms with Crippen molar-refractivity contribution in [2.45, 2.75) is 13.5 Å². The average Bonchev–Trinajstić information content (AvgIpc) is 2.73. The number of rotatable bonds is 2. The topological polar surface area (TPSA) is 62.3 Å². The third-order valence-electron chi connectivity index (χ3n) is 3.36. The minimum absolute atomic E-state index is 0.432. The maximum Gasteiger partial charge on any atom is 0.162 e. The lowest BCUT2D eigenvalue weighted by Crippen LogP contribution is -2.15. The summed E-state index contributed by atoms with van der Waals surface area (Å²) in [6.07, 6.45) is 0. The molecule has 2 heterocycles. The lowest BCUT2D eigenvalue weighted by atomic mass is 10.1. The monoisotopic (exact) mass is 259 g/mol. The summed E-state index contributed by atoms with van der Waals surface area (Å²) in [4.78, 5) is 4.48. The molecule has 0 amide bonds. The minimum Gasteiger partial charge on any atom is -0.486 e. The second-order valence-corrected chi connectivity index (χ2v) is 4.58. The van der Waals surface area contributed by atoms with Crippen LogP contribution in [0.15, 0.2) is 18.2 Å². The van der Waals surface area contributed by atoms with E-state index in [1.165, 1.54) is 0 Å². The molecule has 0 spiro atoms. The predicted molar refractivity (Wildman–Crippen MR) is 72.3 cm³/mol. The fourth-order valence-electron chi connectivity index (χ4n) is 2.47. The molecule has 100 valence electrons. The molecule has 0 saturated carbocycles. The van der Waals surface area contributed by atoms with E-state index >= 15 is 0 Å². The van der Waals surface area contributed by atoms with E-state index < -0.39 is 0 Å². The third-order valence-corrected chi connectivity index (χ3v) is 3.36. The molecule has 0 bridgehead atoms. The van der Waals surface area contributed by atoms with Crippen molar-refractivity contribution in [1.29, 1.82) is 0 Å². The maximum absolute atomic E-state index is 5.69. The van der Waals surface area contributed by atoms with Gasteiger partial charge in [0.1, 0.15) is 19.0 Å². The van der Waals surface area contributed by atoms with Crippen molar-refractivity contribution in [3.8, 4) is 22.8 Å². The summed E-state index contributed by atoms with van der Waals surface area (Å²) >= 11 is 0. The summed E-state index contributed by atoms with van der Waals surface area (Å²) in [6.45, 7) is 3.62. The van der Waals surface area contributed by atoms with E-state index in [4.69, 9.17) is 15.2 Å². The Morgan fingerprint density at radius 3 is 2.68 bits per heavy atom. The number of imidazole rings is 1. The highest BCUT2D eigenvalue weighted by atomic mass is 16.6. The first-order chi connectivity index (χ1) is 9.20. The molecule has 1 aliphatic heterocycles. The van der Waals surface area contributed by atoms with Crippen LogP contribution in [-0.2, 0) is 13.6 Å². The van der Waals surface area contributed by atoms with Gasteiger partial charge in [0.2, 0.25) is 0 Å². The molecule has 0 fully saturated rings. The van der Waals surface area contributed by atoms with Crippen molar-refractivity contribution < 1.29 is 9.47 Å². The quantitative estimate of drug-likeness (QED) is 0.890. The molecule has 2 aromatic rings. The van der Waals surface area contributed by atoms with Gasteiger partial charge in [-0.2, -0.15) is 0 Å². The number of hydrogen-bond acceptors (Lipinski definition) is 4. The standard InChI is InChI=1S/C14H17N3O2/c1-9-14(17(2)13(8-15)16-9)10-3-4-11-12(7-10)19-6-5-18-11/h3-4,7H,5-6,8,15H2,1-2H3. The molecule has 3 rings (SSSR count). The zero-order chi connectivity index (χ0) is 13.4. The molecule has 0 unspecified atom stereocenters. The Morgan fingerprint density at radius 2 is 2.00 bits per heavy atom. The second kappa shape index (κ2) is 4.59. The largest absolute Gasteiger partial charge is 0.486 e. The number of ether oxygens (including phenoxy) is 2. The lowest BCUT2D eigenvalue weighted by Gasteiger charge is -2.19. The Hall–Kier alpha value is -2.01. The molecular weight excluding hydrogens is 242 g/mol. The van der Waals surface area contributed by atoms with Crippen LogP contribution in [0.4, 0.5) is 0 Å². The summed E-state index contributed by atoms with van der Waals surface area (Å²) in [6, 6.07) is 5.97. The number of aryl methyl sites for hydroxylation is 1. The zero-order valence-corrected chi connectivity index (χ0v) is 11.1. The molecule has 19 heavy (non-hydrogen) atoms. The van der Waals surface area contributed by atoms with Gasteiger partial charge in [-0.25, -0.2) is 4.98 Å². The summed E-state index contributed by atoms with van der Waals surface area (Å²) < 4.78 is 13.2. The van der Waals surface area contributed by atoms with Crippen molar-refractivity contribution in [1.82, 2.24) is 9.55 Å². The second-order valence-electron chi connectivity index (χ2n) is 4.58. The van der Waals surface area contributed by atoms with Crippen molar-refractivity contribution in [3.05, 3.63) is 29.7 Å². The smallest absolute Gasteiger partial charge is 0.162 e. The predicted octanol–water partition coefficient (Wildman–Crippen LogP) is 1.63. The van der Waals surface area contributed by atoms with E-state index in [-0.39, 0.29) is 0 Å². The van der Waals surface area contributed by atoms with E-state index in [0.717, 1.165) is 34.3 Å². The van der Waals surface area contributed by atoms with E-state index in [1.807, 2.05) is 36.7 Å². The van der Waals surface area contributed by atoms with Gasteiger partial charge in [-0.05, 0) is 25.1 Å². The van der Waals surface area contributed by atoms with Crippen LogP contribution >= 0.6 is 0 Å². The summed E-state index contributed by atoms with van der Waals surface area (Å²) in [5.41, 5.74) is 8.80. The molecule has 2 N–H and O–H groups in total. The van der Waals surface area contributed by atoms with Gasteiger partial charge in [-0.1, -0.05) is 0 Å². The molecule has 0 saturated heterocycles. The van der Waals surface area contributed by atoms with Crippen molar-refractivity contribution in [2.24, 2.45) is 12.8 Å². The Balaban J connectivity index is 2.09. The van der Waals surface area contributed by atoms with Gasteiger partial charge in [0.05, 0.1) is 17.9 Å². The first-order valence-electron chi connectivity index (χ1n) is 6.33. The molecule has 1 aliphatic rings. The van der Waals surface area contributed by atoms with Crippen molar-refractivity contribution in [3.63, 3.8) is 0 Å². The van der Waals surface area contributed by atoms with Gasteiger partial charge in [0, 0.05) is 12.6 Å². The molecule has 0 radical (unpaired) electrons. The van der Waals surface area contributed by atoms with Crippen molar-refractivity contribution >= 4 is 0 Å². The Morgan fingerprint density at radius 1 is 1.26 bits per heavy atom. The first kappa shape index (κ1) is 12.0. The van der Waals surface area contributed by atoms with E-state index in [0.29, 0.717) is 19.8 Å². The number of benzene rings is 1. The van der Waals surface area contributed by atoms with Crippen LogP contribution < -0.4 is 15.2 Å². The minimum atomic E-state index is 0.432. The number of hydrogen-bond donors (Lipinski definition) is 1. The fraction of sp³-hybridized carbons (Fsp3) is 0.357. The maximum atomic E-state index is 5.69. The van der Waals surface area contributed by atoms with Crippen LogP contribution in [0.1, 0.15) is 11.5 Å². The first-order valence-corrected chi connectivity index (χ1v) is 6.33. The molecule has 1 aromatic carbocycles. The van der Waals surface area contributed by atoms with Gasteiger partial charge >= 0.3 is 0 Å². The average molecular weight is 259 g/mol. The van der Waals surface area contributed by atoms with Crippen LogP contribution in [0.2, 0.25) is 0 Å². The summed E-state index contributed by atoms with van der Waals surface area (Å²) in [5.74, 6) is 2.47. The van der Waals surface area contributed by atoms with E-state index in [2.05, 4.69) is 4.98 Å². The Kier molecular flexibility index (Phi) is 2.91. The fourth-order valence-corrected chi connectivity index (χ4v) is 2.47. The molecule has 5 nitrogen and oxygen atoms in total. The molecule has 5 heteroatoms. The third kappa shape index (κ3) is 1.96. The summed E-state index contributed by atoms with van der Waals surface area (Å²) in [7, 11) is 1.98. The molecule has 0 aliphatic carbocycles. The highest BCUT2D eigenvalue weighted by molar-refractivity contribution is 5.67. The molecule has 0 atom stereocenters. The van der Waals surface area contributed by atoms with Gasteiger partial charge in [-0.3, -0.25) is 0 Å². The van der Waals surface area contributed by atoms with Crippen LogP contribution in [0.3, 0.4) is 0 Å². The number of nitrogens with zero attached hydrogens (tertiary/aromatic N) is 2. The molecule has 1 aromatic heterocycles. The van der Waals surface area contributed by atoms with Gasteiger partial charge in [-0.15, -0.1) is 0 Å².